The molecule has 174 valence electrons. The summed E-state index contributed by atoms with van der Waals surface area (Å²) in [5.41, 5.74) is -0.535. The molecule has 0 bridgehead atoms. The monoisotopic (exact) mass is 433 g/mol. The molecule has 0 aromatic carbocycles. The molecule has 2 aliphatic heterocycles. The second-order valence-electron chi connectivity index (χ2n) is 8.75. The molecule has 1 saturated heterocycles. The van der Waals surface area contributed by atoms with Gasteiger partial charge in [0.2, 0.25) is 5.91 Å². The first-order valence-corrected chi connectivity index (χ1v) is 11.8. The lowest BCUT2D eigenvalue weighted by molar-refractivity contribution is -0.146. The highest BCUT2D eigenvalue weighted by molar-refractivity contribution is 5.96. The van der Waals surface area contributed by atoms with Crippen molar-refractivity contribution in [2.45, 2.75) is 109 Å². The Balaban J connectivity index is 1.56. The number of nitrogens with one attached hydrogen (secondary N) is 1. The van der Waals surface area contributed by atoms with Gasteiger partial charge < -0.3 is 19.9 Å². The first-order chi connectivity index (χ1) is 14.9. The summed E-state index contributed by atoms with van der Waals surface area (Å²) in [4.78, 5) is 23.9. The molecule has 0 aromatic heterocycles. The molecule has 0 aromatic rings. The lowest BCUT2D eigenvalue weighted by Gasteiger charge is -2.17. The maximum atomic E-state index is 12.0. The van der Waals surface area contributed by atoms with Gasteiger partial charge in [-0.05, 0) is 32.3 Å². The van der Waals surface area contributed by atoms with Crippen LogP contribution in [-0.4, -0.2) is 40.9 Å². The van der Waals surface area contributed by atoms with Gasteiger partial charge in [-0.1, -0.05) is 76.7 Å². The van der Waals surface area contributed by atoms with Crippen LogP contribution in [0.3, 0.4) is 0 Å². The molecule has 0 unspecified atom stereocenters. The fourth-order valence-electron chi connectivity index (χ4n) is 3.63. The number of amides is 1. The van der Waals surface area contributed by atoms with E-state index in [1.807, 2.05) is 19.1 Å². The molecular weight excluding hydrogens is 394 g/mol. The molecule has 1 amide bonds. The number of esters is 1. The third-order valence-electron chi connectivity index (χ3n) is 5.84. The lowest BCUT2D eigenvalue weighted by atomic mass is 10.0. The van der Waals surface area contributed by atoms with Crippen LogP contribution in [0, 0.1) is 0 Å². The number of rotatable bonds is 15. The Bertz CT molecular complexity index is 683. The second kappa shape index (κ2) is 12.8. The molecule has 2 heterocycles. The summed E-state index contributed by atoms with van der Waals surface area (Å²) in [5.74, 6) is -0.962. The van der Waals surface area contributed by atoms with Crippen LogP contribution >= 0.6 is 0 Å². The predicted octanol–water partition coefficient (Wildman–Crippen LogP) is 4.48. The Morgan fingerprint density at radius 1 is 1.19 bits per heavy atom. The van der Waals surface area contributed by atoms with E-state index in [2.05, 4.69) is 12.2 Å². The van der Waals surface area contributed by atoms with Gasteiger partial charge in [-0.3, -0.25) is 4.79 Å². The van der Waals surface area contributed by atoms with Gasteiger partial charge in [-0.25, -0.2) is 4.79 Å². The van der Waals surface area contributed by atoms with Gasteiger partial charge >= 0.3 is 5.97 Å². The quantitative estimate of drug-likeness (QED) is 0.172. The standard InChI is InChI=1S/C25H39NO5/c1-4-6-7-8-9-12-15-21-22(30-21)16-13-10-11-14-19(27)17-23(28)26-20-18-25(3,5-2)31-24(20)29/h10-11,13-14,18-19,21-22,27H,4-9,12,15-17H2,1-3H3,(H,26,28)/b13-10+,14-11-/t19-,21+,22-,25+/m1/s1. The van der Waals surface area contributed by atoms with Crippen molar-refractivity contribution >= 4 is 11.9 Å². The number of carbonyl (C=O) groups is 2. The molecule has 1 fully saturated rings. The summed E-state index contributed by atoms with van der Waals surface area (Å²) in [6.45, 7) is 5.93. The van der Waals surface area contributed by atoms with Crippen LogP contribution in [0.4, 0.5) is 0 Å². The van der Waals surface area contributed by atoms with Crippen molar-refractivity contribution in [3.05, 3.63) is 36.1 Å². The fourth-order valence-corrected chi connectivity index (χ4v) is 3.63. The van der Waals surface area contributed by atoms with Crippen LogP contribution in [0.25, 0.3) is 0 Å². The topological polar surface area (TPSA) is 88.2 Å². The first kappa shape index (κ1) is 25.3. The highest BCUT2D eigenvalue weighted by Gasteiger charge is 2.36. The van der Waals surface area contributed by atoms with E-state index < -0.39 is 23.6 Å². The molecule has 6 nitrogen and oxygen atoms in total. The van der Waals surface area contributed by atoms with Gasteiger partial charge in [0.05, 0.1) is 24.7 Å². The van der Waals surface area contributed by atoms with Crippen LogP contribution in [-0.2, 0) is 19.1 Å². The van der Waals surface area contributed by atoms with Crippen molar-refractivity contribution in [1.29, 1.82) is 0 Å². The zero-order chi connectivity index (χ0) is 22.7. The van der Waals surface area contributed by atoms with Crippen molar-refractivity contribution in [1.82, 2.24) is 5.32 Å². The van der Waals surface area contributed by atoms with Gasteiger partial charge in [-0.15, -0.1) is 0 Å². The molecule has 31 heavy (non-hydrogen) atoms. The Morgan fingerprint density at radius 2 is 1.94 bits per heavy atom. The third kappa shape index (κ3) is 9.40. The number of ether oxygens (including phenoxy) is 2. The van der Waals surface area contributed by atoms with E-state index in [0.717, 1.165) is 12.8 Å². The highest BCUT2D eigenvalue weighted by atomic mass is 16.6. The van der Waals surface area contributed by atoms with Crippen molar-refractivity contribution < 1.29 is 24.2 Å². The summed E-state index contributed by atoms with van der Waals surface area (Å²) < 4.78 is 10.9. The number of aliphatic hydroxyl groups excluding tert-OH is 1. The zero-order valence-corrected chi connectivity index (χ0v) is 19.3. The largest absolute Gasteiger partial charge is 0.450 e. The van der Waals surface area contributed by atoms with E-state index >= 15 is 0 Å². The normalized spacial score (nSPS) is 26.3. The van der Waals surface area contributed by atoms with Crippen LogP contribution in [0.15, 0.2) is 36.1 Å². The summed E-state index contributed by atoms with van der Waals surface area (Å²) in [6, 6.07) is 0. The number of unbranched alkanes of at least 4 members (excludes halogenated alkanes) is 5. The van der Waals surface area contributed by atoms with Gasteiger partial charge in [0.25, 0.3) is 0 Å². The summed E-state index contributed by atoms with van der Waals surface area (Å²) >= 11 is 0. The zero-order valence-electron chi connectivity index (χ0n) is 19.3. The average Bonchev–Trinajstić information content (AvgIpc) is 3.40. The lowest BCUT2D eigenvalue weighted by Crippen LogP contribution is -2.28. The number of epoxide rings is 1. The SMILES string of the molecule is CCCCCCCC[C@@H]1O[C@@H]1C/C=C/C=C\[C@@H](O)CC(=O)NC1=C[C@](C)(CC)OC1=O. The minimum Gasteiger partial charge on any atom is -0.450 e. The van der Waals surface area contributed by atoms with Crippen molar-refractivity contribution in [3.63, 3.8) is 0 Å². The number of hydrogen-bond acceptors (Lipinski definition) is 5. The van der Waals surface area contributed by atoms with Crippen LogP contribution < -0.4 is 5.32 Å². The molecule has 2 aliphatic rings. The molecule has 6 heteroatoms. The summed E-state index contributed by atoms with van der Waals surface area (Å²) in [6.07, 6.45) is 19.0. The maximum absolute atomic E-state index is 12.0. The molecule has 4 atom stereocenters. The summed E-state index contributed by atoms with van der Waals surface area (Å²) in [7, 11) is 0. The van der Waals surface area contributed by atoms with Crippen molar-refractivity contribution in [2.75, 3.05) is 0 Å². The molecule has 0 aliphatic carbocycles. The fraction of sp³-hybridized carbons (Fsp3) is 0.680. The van der Waals surface area contributed by atoms with E-state index in [-0.39, 0.29) is 12.1 Å². The van der Waals surface area contributed by atoms with Gasteiger partial charge in [0, 0.05) is 0 Å². The van der Waals surface area contributed by atoms with E-state index in [9.17, 15) is 14.7 Å². The molecule has 0 spiro atoms. The Morgan fingerprint density at radius 3 is 2.65 bits per heavy atom. The average molecular weight is 434 g/mol. The van der Waals surface area contributed by atoms with Crippen LogP contribution in [0.2, 0.25) is 0 Å². The molecule has 0 saturated carbocycles. The van der Waals surface area contributed by atoms with Crippen molar-refractivity contribution in [2.24, 2.45) is 0 Å². The smallest absolute Gasteiger partial charge is 0.355 e. The number of aliphatic hydroxyl groups is 1. The van der Waals surface area contributed by atoms with E-state index in [1.54, 1.807) is 25.2 Å². The molecular formula is C25H39NO5. The maximum Gasteiger partial charge on any atom is 0.355 e. The predicted molar refractivity (Wildman–Crippen MR) is 121 cm³/mol. The van der Waals surface area contributed by atoms with E-state index in [0.29, 0.717) is 18.6 Å². The second-order valence-corrected chi connectivity index (χ2v) is 8.75. The number of allylic oxidation sites excluding steroid dienone is 2. The molecule has 0 radical (unpaired) electrons. The van der Waals surface area contributed by atoms with E-state index in [1.165, 1.54) is 38.5 Å². The summed E-state index contributed by atoms with van der Waals surface area (Å²) in [5, 5.41) is 12.5. The van der Waals surface area contributed by atoms with Crippen molar-refractivity contribution in [3.8, 4) is 0 Å². The molecule has 2 rings (SSSR count). The Kier molecular flexibility index (Phi) is 10.5. The number of hydrogen-bond donors (Lipinski definition) is 2. The third-order valence-corrected chi connectivity index (χ3v) is 5.84. The Hall–Kier alpha value is -1.92. The number of carbonyl (C=O) groups excluding carboxylic acids is 2. The van der Waals surface area contributed by atoms with Crippen LogP contribution in [0.5, 0.6) is 0 Å². The number of cyclic esters (lactones) is 1. The van der Waals surface area contributed by atoms with Gasteiger partial charge in [0.1, 0.15) is 11.3 Å². The van der Waals surface area contributed by atoms with Crippen LogP contribution in [0.1, 0.15) is 85.0 Å². The Labute approximate surface area is 186 Å². The highest BCUT2D eigenvalue weighted by Crippen LogP contribution is 2.30. The molecule has 2 N–H and O–H groups in total. The first-order valence-electron chi connectivity index (χ1n) is 11.8. The van der Waals surface area contributed by atoms with Gasteiger partial charge in [-0.2, -0.15) is 0 Å². The minimum atomic E-state index is -0.919. The van der Waals surface area contributed by atoms with E-state index in [4.69, 9.17) is 9.47 Å². The van der Waals surface area contributed by atoms with Gasteiger partial charge in [0.15, 0.2) is 0 Å². The minimum absolute atomic E-state index is 0.121.